The molecule has 4 rings (SSSR count). The monoisotopic (exact) mass is 523 g/mol. The molecule has 3 aromatic rings. The molecule has 0 saturated carbocycles. The summed E-state index contributed by atoms with van der Waals surface area (Å²) in [5.41, 5.74) is -0.0421. The lowest BCUT2D eigenvalue weighted by Gasteiger charge is -2.48. The maximum Gasteiger partial charge on any atom is 0.280 e. The van der Waals surface area contributed by atoms with Gasteiger partial charge in [0.25, 0.3) is 17.4 Å². The van der Waals surface area contributed by atoms with E-state index in [4.69, 9.17) is 11.6 Å². The Labute approximate surface area is 219 Å². The molecular weight excluding hydrogens is 494 g/mol. The highest BCUT2D eigenvalue weighted by Crippen LogP contribution is 2.25. The Kier molecular flexibility index (Phi) is 7.36. The van der Waals surface area contributed by atoms with Crippen LogP contribution in [0.2, 0.25) is 5.02 Å². The molecule has 3 amide bonds. The van der Waals surface area contributed by atoms with Crippen molar-refractivity contribution in [2.45, 2.75) is 39.3 Å². The summed E-state index contributed by atoms with van der Waals surface area (Å²) < 4.78 is 0. The van der Waals surface area contributed by atoms with Crippen molar-refractivity contribution in [3.05, 3.63) is 75.2 Å². The van der Waals surface area contributed by atoms with Crippen LogP contribution in [-0.4, -0.2) is 68.7 Å². The predicted molar refractivity (Wildman–Crippen MR) is 142 cm³/mol. The number of halogens is 1. The second-order valence-corrected chi connectivity index (χ2v) is 10.6. The molecule has 1 aliphatic rings. The van der Waals surface area contributed by atoms with Crippen molar-refractivity contribution in [3.63, 3.8) is 0 Å². The van der Waals surface area contributed by atoms with E-state index in [-0.39, 0.29) is 23.4 Å². The Hall–Kier alpha value is -3.72. The van der Waals surface area contributed by atoms with Gasteiger partial charge in [0.15, 0.2) is 5.69 Å². The third kappa shape index (κ3) is 5.51. The van der Waals surface area contributed by atoms with Gasteiger partial charge in [0.05, 0.1) is 16.6 Å². The number of piperazine rings is 1. The molecule has 9 nitrogen and oxygen atoms in total. The molecule has 1 saturated heterocycles. The largest absolute Gasteiger partial charge is 0.338 e. The second-order valence-electron chi connectivity index (χ2n) is 10.2. The number of nitrogens with one attached hydrogen (secondary N) is 2. The number of aromatic amines is 1. The normalized spacial score (nSPS) is 16.1. The summed E-state index contributed by atoms with van der Waals surface area (Å²) in [5, 5.41) is 3.27. The number of H-pyrrole nitrogens is 1. The maximum absolute atomic E-state index is 13.6. The predicted octanol–water partition coefficient (Wildman–Crippen LogP) is 3.09. The Morgan fingerprint density at radius 1 is 1.05 bits per heavy atom. The first-order chi connectivity index (χ1) is 17.5. The molecule has 1 fully saturated rings. The van der Waals surface area contributed by atoms with E-state index in [0.29, 0.717) is 41.3 Å². The summed E-state index contributed by atoms with van der Waals surface area (Å²) in [7, 11) is 0. The first-order valence-corrected chi connectivity index (χ1v) is 12.5. The maximum atomic E-state index is 13.6. The molecule has 194 valence electrons. The number of carbonyl (C=O) groups excluding carboxylic acids is 3. The summed E-state index contributed by atoms with van der Waals surface area (Å²) in [6, 6.07) is 12.8. The molecule has 1 atom stereocenters. The lowest BCUT2D eigenvalue weighted by Crippen LogP contribution is -2.64. The van der Waals surface area contributed by atoms with Crippen molar-refractivity contribution in [2.75, 3.05) is 19.6 Å². The number of para-hydroxylation sites is 2. The molecule has 0 radical (unpaired) electrons. The van der Waals surface area contributed by atoms with Crippen molar-refractivity contribution in [2.24, 2.45) is 5.92 Å². The summed E-state index contributed by atoms with van der Waals surface area (Å²) in [6.45, 7) is 8.40. The third-order valence-corrected chi connectivity index (χ3v) is 6.84. The van der Waals surface area contributed by atoms with Crippen molar-refractivity contribution in [1.29, 1.82) is 0 Å². The van der Waals surface area contributed by atoms with Crippen LogP contribution in [0.5, 0.6) is 0 Å². The van der Waals surface area contributed by atoms with Gasteiger partial charge in [-0.2, -0.15) is 0 Å². The third-order valence-electron chi connectivity index (χ3n) is 6.58. The first kappa shape index (κ1) is 26.3. The molecule has 0 aliphatic carbocycles. The van der Waals surface area contributed by atoms with Gasteiger partial charge in [0.2, 0.25) is 5.91 Å². The zero-order chi connectivity index (χ0) is 26.9. The van der Waals surface area contributed by atoms with E-state index < -0.39 is 23.0 Å². The van der Waals surface area contributed by atoms with E-state index in [1.165, 1.54) is 0 Å². The van der Waals surface area contributed by atoms with Gasteiger partial charge in [-0.25, -0.2) is 4.98 Å². The molecule has 2 N–H and O–H groups in total. The van der Waals surface area contributed by atoms with Crippen LogP contribution in [0.1, 0.15) is 48.5 Å². The average Bonchev–Trinajstić information content (AvgIpc) is 2.85. The molecule has 37 heavy (non-hydrogen) atoms. The summed E-state index contributed by atoms with van der Waals surface area (Å²) in [6.07, 6.45) is 0. The van der Waals surface area contributed by atoms with E-state index in [2.05, 4.69) is 15.3 Å². The number of amides is 3. The Bertz CT molecular complexity index is 1400. The van der Waals surface area contributed by atoms with Gasteiger partial charge in [-0.05, 0) is 56.2 Å². The standard InChI is InChI=1S/C27H30ClN5O4/c1-16(2)21(31-24(35)22-23(34)30-20-8-6-5-7-19(20)29-22)26(37)32-13-14-33(27(3,4)15-32)25(36)17-9-11-18(28)12-10-17/h5-12,16,21H,13-15H2,1-4H3,(H,30,34)(H,31,35)/t21-/m0/s1. The number of aromatic nitrogens is 2. The highest BCUT2D eigenvalue weighted by Gasteiger charge is 2.41. The molecule has 2 aromatic carbocycles. The van der Waals surface area contributed by atoms with Crippen LogP contribution in [0.25, 0.3) is 11.0 Å². The average molecular weight is 524 g/mol. The van der Waals surface area contributed by atoms with Crippen LogP contribution in [0, 0.1) is 5.92 Å². The molecule has 0 unspecified atom stereocenters. The minimum Gasteiger partial charge on any atom is -0.338 e. The molecule has 2 heterocycles. The minimum absolute atomic E-state index is 0.135. The van der Waals surface area contributed by atoms with Crippen molar-refractivity contribution < 1.29 is 14.4 Å². The molecule has 0 bridgehead atoms. The molecular formula is C27H30ClN5O4. The molecule has 10 heteroatoms. The smallest absolute Gasteiger partial charge is 0.280 e. The van der Waals surface area contributed by atoms with E-state index in [1.54, 1.807) is 58.3 Å². The number of rotatable bonds is 5. The van der Waals surface area contributed by atoms with Crippen LogP contribution in [-0.2, 0) is 4.79 Å². The van der Waals surface area contributed by atoms with Gasteiger partial charge in [-0.1, -0.05) is 37.6 Å². The first-order valence-electron chi connectivity index (χ1n) is 12.1. The quantitative estimate of drug-likeness (QED) is 0.533. The van der Waals surface area contributed by atoms with E-state index in [0.717, 1.165) is 0 Å². The summed E-state index contributed by atoms with van der Waals surface area (Å²) in [5.74, 6) is -1.36. The highest BCUT2D eigenvalue weighted by atomic mass is 35.5. The number of nitrogens with zero attached hydrogens (tertiary/aromatic N) is 3. The van der Waals surface area contributed by atoms with Gasteiger partial charge in [0, 0.05) is 30.2 Å². The fourth-order valence-corrected chi connectivity index (χ4v) is 4.70. The van der Waals surface area contributed by atoms with Crippen molar-refractivity contribution >= 4 is 40.4 Å². The summed E-state index contributed by atoms with van der Waals surface area (Å²) >= 11 is 5.95. The minimum atomic E-state index is -0.866. The van der Waals surface area contributed by atoms with Crippen LogP contribution in [0.4, 0.5) is 0 Å². The van der Waals surface area contributed by atoms with Crippen molar-refractivity contribution in [3.8, 4) is 0 Å². The number of carbonyl (C=O) groups is 3. The number of benzene rings is 2. The van der Waals surface area contributed by atoms with Gasteiger partial charge >= 0.3 is 0 Å². The topological polar surface area (TPSA) is 115 Å². The molecule has 1 aromatic heterocycles. The lowest BCUT2D eigenvalue weighted by molar-refractivity contribution is -0.138. The fraction of sp³-hybridized carbons (Fsp3) is 0.370. The van der Waals surface area contributed by atoms with Crippen LogP contribution < -0.4 is 10.9 Å². The Morgan fingerprint density at radius 3 is 2.38 bits per heavy atom. The second kappa shape index (κ2) is 10.3. The van der Waals surface area contributed by atoms with E-state index in [9.17, 15) is 19.2 Å². The fourth-order valence-electron chi connectivity index (χ4n) is 4.57. The Balaban J connectivity index is 1.50. The highest BCUT2D eigenvalue weighted by molar-refractivity contribution is 6.30. The SMILES string of the molecule is CC(C)[C@H](NC(=O)c1nc2ccccc2[nH]c1=O)C(=O)N1CCN(C(=O)c2ccc(Cl)cc2)C(C)(C)C1. The van der Waals surface area contributed by atoms with Gasteiger partial charge in [-0.3, -0.25) is 19.2 Å². The molecule has 0 spiro atoms. The van der Waals surface area contributed by atoms with Crippen LogP contribution >= 0.6 is 11.6 Å². The van der Waals surface area contributed by atoms with E-state index >= 15 is 0 Å². The zero-order valence-electron chi connectivity index (χ0n) is 21.2. The summed E-state index contributed by atoms with van der Waals surface area (Å²) in [4.78, 5) is 62.5. The lowest BCUT2D eigenvalue weighted by atomic mass is 9.95. The van der Waals surface area contributed by atoms with Gasteiger partial charge in [0.1, 0.15) is 6.04 Å². The van der Waals surface area contributed by atoms with Crippen LogP contribution in [0.3, 0.4) is 0 Å². The van der Waals surface area contributed by atoms with Gasteiger partial charge in [-0.15, -0.1) is 0 Å². The van der Waals surface area contributed by atoms with Crippen molar-refractivity contribution in [1.82, 2.24) is 25.1 Å². The van der Waals surface area contributed by atoms with Crippen LogP contribution in [0.15, 0.2) is 53.3 Å². The Morgan fingerprint density at radius 2 is 1.73 bits per heavy atom. The number of hydrogen-bond donors (Lipinski definition) is 2. The van der Waals surface area contributed by atoms with E-state index in [1.807, 2.05) is 27.7 Å². The number of hydrogen-bond acceptors (Lipinski definition) is 5. The number of fused-ring (bicyclic) bond motifs is 1. The zero-order valence-corrected chi connectivity index (χ0v) is 22.0. The van der Waals surface area contributed by atoms with Gasteiger partial charge < -0.3 is 20.1 Å². The molecule has 1 aliphatic heterocycles.